The average Bonchev–Trinajstić information content (AvgIpc) is 3.16. The topological polar surface area (TPSA) is 0 Å². The molecule has 25 heavy (non-hydrogen) atoms. The Kier molecular flexibility index (Phi) is 8.09. The van der Waals surface area contributed by atoms with E-state index in [9.17, 15) is 0 Å². The van der Waals surface area contributed by atoms with Crippen molar-refractivity contribution in [2.45, 2.75) is 72.7 Å². The van der Waals surface area contributed by atoms with E-state index < -0.39 is 31.3 Å². The number of hydrogen-bond acceptors (Lipinski definition) is 0. The van der Waals surface area contributed by atoms with Crippen LogP contribution in [-0.4, -0.2) is 8.07 Å². The summed E-state index contributed by atoms with van der Waals surface area (Å²) in [5, 5.41) is 0. The van der Waals surface area contributed by atoms with Gasteiger partial charge < -0.3 is 24.8 Å². The summed E-state index contributed by atoms with van der Waals surface area (Å²) in [4.78, 5) is 0. The molecule has 2 atom stereocenters. The van der Waals surface area contributed by atoms with Gasteiger partial charge in [0.25, 0.3) is 0 Å². The molecule has 0 bridgehead atoms. The van der Waals surface area contributed by atoms with Gasteiger partial charge in [-0.3, -0.25) is 0 Å². The van der Waals surface area contributed by atoms with Gasteiger partial charge in [-0.1, -0.05) is 0 Å². The van der Waals surface area contributed by atoms with E-state index in [1.807, 2.05) is 8.85 Å². The Morgan fingerprint density at radius 1 is 1.16 bits per heavy atom. The number of allylic oxidation sites excluding steroid dienone is 8. The van der Waals surface area contributed by atoms with Crippen LogP contribution in [0.4, 0.5) is 0 Å². The fraction of sp³-hybridized carbons (Fsp3) is 0.619. The molecule has 0 amide bonds. The van der Waals surface area contributed by atoms with Gasteiger partial charge in [-0.05, 0) is 0 Å². The van der Waals surface area contributed by atoms with Crippen LogP contribution in [0, 0.1) is 5.92 Å². The van der Waals surface area contributed by atoms with Crippen molar-refractivity contribution in [1.29, 1.82) is 0 Å². The van der Waals surface area contributed by atoms with Gasteiger partial charge in [-0.25, -0.2) is 0 Å². The molecule has 0 aromatic rings. The molecule has 4 rings (SSSR count). The Morgan fingerprint density at radius 2 is 1.96 bits per heavy atom. The first-order chi connectivity index (χ1) is 11.3. The molecule has 0 spiro atoms. The molecule has 2 fully saturated rings. The molecule has 0 aromatic heterocycles. The molecule has 1 aliphatic heterocycles. The molecular formula is C21H30Cl2SiZr. The summed E-state index contributed by atoms with van der Waals surface area (Å²) >= 11 is -0.489. The molecule has 4 heteroatoms. The molecule has 0 radical (unpaired) electrons. The van der Waals surface area contributed by atoms with Crippen LogP contribution in [0.2, 0.25) is 20.9 Å². The Labute approximate surface area is 179 Å². The minimum Gasteiger partial charge on any atom is -1.00 e. The number of rotatable bonds is 6. The van der Waals surface area contributed by atoms with E-state index in [-0.39, 0.29) is 24.8 Å². The van der Waals surface area contributed by atoms with Crippen LogP contribution < -0.4 is 24.8 Å². The van der Waals surface area contributed by atoms with Crippen molar-refractivity contribution in [1.82, 2.24) is 0 Å². The van der Waals surface area contributed by atoms with E-state index in [1.54, 1.807) is 31.0 Å². The fourth-order valence-electron chi connectivity index (χ4n) is 5.64. The minimum absolute atomic E-state index is 0. The normalized spacial score (nSPS) is 31.0. The zero-order valence-corrected chi connectivity index (χ0v) is 20.3. The second-order valence-corrected chi connectivity index (χ2v) is 18.5. The molecule has 3 aliphatic carbocycles. The summed E-state index contributed by atoms with van der Waals surface area (Å²) in [5.41, 5.74) is 1.99. The summed E-state index contributed by atoms with van der Waals surface area (Å²) in [6.45, 7) is 2.40. The van der Waals surface area contributed by atoms with Gasteiger partial charge >= 0.3 is 155 Å². The monoisotopic (exact) mass is 470 g/mol. The number of halogens is 2. The van der Waals surface area contributed by atoms with Crippen molar-refractivity contribution in [2.75, 3.05) is 0 Å². The molecule has 1 saturated heterocycles. The Balaban J connectivity index is 0.00000113. The van der Waals surface area contributed by atoms with E-state index >= 15 is 0 Å². The van der Waals surface area contributed by atoms with Crippen molar-refractivity contribution in [3.8, 4) is 0 Å². The molecule has 0 N–H and O–H groups in total. The van der Waals surface area contributed by atoms with Crippen molar-refractivity contribution >= 4 is 8.07 Å². The third kappa shape index (κ3) is 3.80. The molecule has 136 valence electrons. The number of unbranched alkanes of at least 4 members (excludes halogenated alkanes) is 1. The average molecular weight is 473 g/mol. The predicted molar refractivity (Wildman–Crippen MR) is 98.8 cm³/mol. The van der Waals surface area contributed by atoms with E-state index in [2.05, 4.69) is 43.4 Å². The molecule has 4 aliphatic rings. The molecule has 1 saturated carbocycles. The van der Waals surface area contributed by atoms with Crippen LogP contribution in [0.1, 0.15) is 51.9 Å². The van der Waals surface area contributed by atoms with Crippen molar-refractivity contribution in [2.24, 2.45) is 5.92 Å². The summed E-state index contributed by atoms with van der Waals surface area (Å²) in [6, 6.07) is 4.99. The second-order valence-electron chi connectivity index (χ2n) is 8.11. The van der Waals surface area contributed by atoms with Gasteiger partial charge in [0.15, 0.2) is 0 Å². The largest absolute Gasteiger partial charge is 1.00 e. The molecule has 2 unspecified atom stereocenters. The SMILES string of the molecule is CCCC[Si]1([C]2([Zr+2][C]3=CC=CC3)CCC3CC=CC=C32)CCC1.[Cl-].[Cl-]. The smallest absolute Gasteiger partial charge is 1.00 e. The van der Waals surface area contributed by atoms with Gasteiger partial charge in [0.2, 0.25) is 0 Å². The van der Waals surface area contributed by atoms with Crippen LogP contribution in [0.25, 0.3) is 0 Å². The van der Waals surface area contributed by atoms with Crippen LogP contribution in [-0.2, 0) is 23.2 Å². The zero-order chi connectivity index (χ0) is 15.8. The van der Waals surface area contributed by atoms with Crippen LogP contribution in [0.3, 0.4) is 0 Å². The summed E-state index contributed by atoms with van der Waals surface area (Å²) < 4.78 is 2.71. The van der Waals surface area contributed by atoms with Gasteiger partial charge in [-0.2, -0.15) is 0 Å². The van der Waals surface area contributed by atoms with Crippen LogP contribution in [0.5, 0.6) is 0 Å². The molecule has 0 nitrogen and oxygen atoms in total. The Hall–Kier alpha value is 0.640. The third-order valence-corrected chi connectivity index (χ3v) is 22.0. The third-order valence-electron chi connectivity index (χ3n) is 7.00. The maximum atomic E-state index is 2.62. The summed E-state index contributed by atoms with van der Waals surface area (Å²) in [5.74, 6) is 0.933. The van der Waals surface area contributed by atoms with Gasteiger partial charge in [0, 0.05) is 0 Å². The van der Waals surface area contributed by atoms with Crippen molar-refractivity contribution in [3.63, 3.8) is 0 Å². The van der Waals surface area contributed by atoms with Crippen molar-refractivity contribution in [3.05, 3.63) is 45.3 Å². The van der Waals surface area contributed by atoms with Gasteiger partial charge in [0.1, 0.15) is 0 Å². The second kappa shape index (κ2) is 9.22. The fourth-order valence-corrected chi connectivity index (χ4v) is 21.2. The molecule has 1 heterocycles. The van der Waals surface area contributed by atoms with Crippen LogP contribution >= 0.6 is 0 Å². The van der Waals surface area contributed by atoms with E-state index in [0.717, 1.165) is 8.66 Å². The zero-order valence-electron chi connectivity index (χ0n) is 15.4. The quantitative estimate of drug-likeness (QED) is 0.496. The first kappa shape index (κ1) is 21.9. The number of hydrogen-bond donors (Lipinski definition) is 0. The van der Waals surface area contributed by atoms with Gasteiger partial charge in [0.05, 0.1) is 0 Å². The number of fused-ring (bicyclic) bond motifs is 1. The molecular weight excluding hydrogens is 442 g/mol. The summed E-state index contributed by atoms with van der Waals surface area (Å²) in [6.07, 6.45) is 25.0. The Bertz CT molecular complexity index is 589. The summed E-state index contributed by atoms with van der Waals surface area (Å²) in [7, 11) is -1.05. The van der Waals surface area contributed by atoms with Crippen LogP contribution in [0.15, 0.2) is 45.3 Å². The van der Waals surface area contributed by atoms with E-state index in [1.165, 1.54) is 32.1 Å². The minimum atomic E-state index is -1.05. The predicted octanol–water partition coefficient (Wildman–Crippen LogP) is 0.568. The maximum Gasteiger partial charge on any atom is -1.00 e. The van der Waals surface area contributed by atoms with E-state index in [4.69, 9.17) is 0 Å². The Morgan fingerprint density at radius 3 is 2.60 bits per heavy atom. The maximum absolute atomic E-state index is 2.62. The molecule has 0 aromatic carbocycles. The standard InChI is InChI=1S/C16H25Si.C5H5.2ClH.Zr/c1-2-3-11-17(12-6-13-17)16-10-9-14-7-4-5-8-15(14)16;1-2-4-5-3-1;;;/h4-5,8,14H,2-3,6-7,9-13H2,1H3;1-3H,4H2;2*1H;/q;;;;+2/p-2. The van der Waals surface area contributed by atoms with E-state index in [0.29, 0.717) is 0 Å². The first-order valence-electron chi connectivity index (χ1n) is 9.81. The van der Waals surface area contributed by atoms with Crippen molar-refractivity contribution < 1.29 is 48.0 Å². The first-order valence-corrected chi connectivity index (χ1v) is 14.9. The van der Waals surface area contributed by atoms with Gasteiger partial charge in [-0.15, -0.1) is 0 Å².